The van der Waals surface area contributed by atoms with Crippen LogP contribution in [0.4, 0.5) is 26.3 Å². The van der Waals surface area contributed by atoms with Crippen LogP contribution in [0.15, 0.2) is 0 Å². The van der Waals surface area contributed by atoms with Crippen LogP contribution in [0.3, 0.4) is 0 Å². The molecule has 0 saturated heterocycles. The molecule has 0 saturated carbocycles. The normalized spacial score (nSPS) is 15.9. The van der Waals surface area contributed by atoms with E-state index in [0.717, 1.165) is 6.92 Å². The monoisotopic (exact) mass is 208 g/mol. The third kappa shape index (κ3) is 3.87. The van der Waals surface area contributed by atoms with Crippen molar-refractivity contribution in [3.63, 3.8) is 0 Å². The average Bonchev–Trinajstić information content (AvgIpc) is 2.04. The molecule has 0 fully saturated rings. The lowest BCUT2D eigenvalue weighted by Crippen LogP contribution is -2.36. The molecule has 0 aliphatic rings. The van der Waals surface area contributed by atoms with E-state index in [1.807, 2.05) is 0 Å². The minimum Gasteiger partial charge on any atom is -0.244 e. The van der Waals surface area contributed by atoms with Crippen molar-refractivity contribution in [1.29, 1.82) is 0 Å². The average molecular weight is 208 g/mol. The second kappa shape index (κ2) is 4.19. The minimum absolute atomic E-state index is 0.740. The molecular formula is C7H10F6. The first-order chi connectivity index (χ1) is 5.75. The molecule has 0 aromatic heterocycles. The van der Waals surface area contributed by atoms with Gasteiger partial charge in [0.05, 0.1) is 0 Å². The highest BCUT2D eigenvalue weighted by atomic mass is 19.3. The van der Waals surface area contributed by atoms with Crippen molar-refractivity contribution < 1.29 is 26.3 Å². The molecule has 0 amide bonds. The molecule has 13 heavy (non-hydrogen) atoms. The van der Waals surface area contributed by atoms with Gasteiger partial charge in [-0.3, -0.25) is 0 Å². The van der Waals surface area contributed by atoms with Crippen molar-refractivity contribution in [3.8, 4) is 0 Å². The van der Waals surface area contributed by atoms with Gasteiger partial charge in [-0.05, 0) is 0 Å². The Balaban J connectivity index is 4.22. The molecule has 0 N–H and O–H groups in total. The van der Waals surface area contributed by atoms with Gasteiger partial charge in [0, 0.05) is 12.8 Å². The van der Waals surface area contributed by atoms with Gasteiger partial charge in [-0.1, -0.05) is 6.92 Å². The molecule has 0 spiro atoms. The summed E-state index contributed by atoms with van der Waals surface area (Å²) in [5.41, 5.74) is 0. The van der Waals surface area contributed by atoms with Crippen LogP contribution in [0, 0.1) is 0 Å². The SMILES string of the molecule is CCC(F)(F)C[C@H](F)C(F)(F)CF. The van der Waals surface area contributed by atoms with Gasteiger partial charge in [-0.2, -0.15) is 0 Å². The summed E-state index contributed by atoms with van der Waals surface area (Å²) in [6, 6.07) is 0. The van der Waals surface area contributed by atoms with Gasteiger partial charge >= 0.3 is 5.92 Å². The molecule has 1 atom stereocenters. The van der Waals surface area contributed by atoms with E-state index in [-0.39, 0.29) is 0 Å². The molecule has 6 heteroatoms. The molecule has 0 bridgehead atoms. The predicted octanol–water partition coefficient (Wildman–Crippen LogP) is 3.36. The third-order valence-corrected chi connectivity index (χ3v) is 1.63. The molecule has 0 rings (SSSR count). The fourth-order valence-corrected chi connectivity index (χ4v) is 0.640. The highest BCUT2D eigenvalue weighted by molar-refractivity contribution is 4.81. The molecule has 80 valence electrons. The van der Waals surface area contributed by atoms with E-state index in [9.17, 15) is 26.3 Å². The summed E-state index contributed by atoms with van der Waals surface area (Å²) in [5.74, 6) is -7.81. The number of halogens is 6. The second-order valence-electron chi connectivity index (χ2n) is 2.78. The fraction of sp³-hybridized carbons (Fsp3) is 1.00. The lowest BCUT2D eigenvalue weighted by Gasteiger charge is -2.21. The smallest absolute Gasteiger partial charge is 0.244 e. The summed E-state index contributed by atoms with van der Waals surface area (Å²) in [6.07, 6.45) is -5.51. The van der Waals surface area contributed by atoms with Gasteiger partial charge in [0.15, 0.2) is 12.8 Å². The van der Waals surface area contributed by atoms with E-state index in [4.69, 9.17) is 0 Å². The zero-order valence-corrected chi connectivity index (χ0v) is 6.97. The fourth-order valence-electron chi connectivity index (χ4n) is 0.640. The maximum absolute atomic E-state index is 12.4. The van der Waals surface area contributed by atoms with E-state index < -0.39 is 37.5 Å². The van der Waals surface area contributed by atoms with E-state index in [1.54, 1.807) is 0 Å². The van der Waals surface area contributed by atoms with Gasteiger partial charge < -0.3 is 0 Å². The topological polar surface area (TPSA) is 0 Å². The van der Waals surface area contributed by atoms with Gasteiger partial charge in [-0.15, -0.1) is 0 Å². The van der Waals surface area contributed by atoms with E-state index in [1.165, 1.54) is 0 Å². The Labute approximate surface area is 71.9 Å². The maximum Gasteiger partial charge on any atom is 0.306 e. The first-order valence-electron chi connectivity index (χ1n) is 3.71. The van der Waals surface area contributed by atoms with Crippen LogP contribution in [-0.4, -0.2) is 24.7 Å². The Morgan fingerprint density at radius 2 is 1.62 bits per heavy atom. The van der Waals surface area contributed by atoms with Crippen LogP contribution in [-0.2, 0) is 0 Å². The van der Waals surface area contributed by atoms with E-state index in [2.05, 4.69) is 0 Å². The number of hydrogen-bond donors (Lipinski definition) is 0. The summed E-state index contributed by atoms with van der Waals surface area (Å²) < 4.78 is 72.9. The number of alkyl halides is 6. The summed E-state index contributed by atoms with van der Waals surface area (Å²) in [7, 11) is 0. The number of rotatable bonds is 5. The summed E-state index contributed by atoms with van der Waals surface area (Å²) in [4.78, 5) is 0. The maximum atomic E-state index is 12.4. The van der Waals surface area contributed by atoms with Gasteiger partial charge in [-0.25, -0.2) is 26.3 Å². The lowest BCUT2D eigenvalue weighted by molar-refractivity contribution is -0.126. The van der Waals surface area contributed by atoms with Gasteiger partial charge in [0.2, 0.25) is 0 Å². The number of hydrogen-bond acceptors (Lipinski definition) is 0. The molecule has 0 nitrogen and oxygen atoms in total. The summed E-state index contributed by atoms with van der Waals surface area (Å²) in [5, 5.41) is 0. The highest BCUT2D eigenvalue weighted by Crippen LogP contribution is 2.33. The minimum atomic E-state index is -4.31. The Bertz CT molecular complexity index is 155. The van der Waals surface area contributed by atoms with Crippen molar-refractivity contribution in [2.75, 3.05) is 6.67 Å². The quantitative estimate of drug-likeness (QED) is 0.607. The van der Waals surface area contributed by atoms with Gasteiger partial charge in [0.1, 0.15) is 0 Å². The van der Waals surface area contributed by atoms with Crippen LogP contribution in [0.2, 0.25) is 0 Å². The van der Waals surface area contributed by atoms with Crippen molar-refractivity contribution >= 4 is 0 Å². The van der Waals surface area contributed by atoms with Crippen molar-refractivity contribution in [3.05, 3.63) is 0 Å². The van der Waals surface area contributed by atoms with Crippen LogP contribution in [0.5, 0.6) is 0 Å². The Morgan fingerprint density at radius 3 is 1.92 bits per heavy atom. The van der Waals surface area contributed by atoms with Crippen LogP contribution < -0.4 is 0 Å². The zero-order valence-electron chi connectivity index (χ0n) is 6.97. The molecule has 0 unspecified atom stereocenters. The first kappa shape index (κ1) is 12.6. The zero-order chi connectivity index (χ0) is 10.7. The largest absolute Gasteiger partial charge is 0.306 e. The molecule has 0 aliphatic heterocycles. The van der Waals surface area contributed by atoms with Crippen molar-refractivity contribution in [1.82, 2.24) is 0 Å². The second-order valence-corrected chi connectivity index (χ2v) is 2.78. The summed E-state index contributed by atoms with van der Waals surface area (Å²) >= 11 is 0. The Kier molecular flexibility index (Phi) is 4.06. The Hall–Kier alpha value is -0.420. The van der Waals surface area contributed by atoms with Crippen molar-refractivity contribution in [2.45, 2.75) is 37.8 Å². The Morgan fingerprint density at radius 1 is 1.15 bits per heavy atom. The molecule has 0 heterocycles. The van der Waals surface area contributed by atoms with Gasteiger partial charge in [0.25, 0.3) is 5.92 Å². The molecular weight excluding hydrogens is 198 g/mol. The van der Waals surface area contributed by atoms with Crippen LogP contribution in [0.1, 0.15) is 19.8 Å². The lowest BCUT2D eigenvalue weighted by atomic mass is 10.1. The molecule has 0 aliphatic carbocycles. The third-order valence-electron chi connectivity index (χ3n) is 1.63. The highest BCUT2D eigenvalue weighted by Gasteiger charge is 2.45. The van der Waals surface area contributed by atoms with Crippen molar-refractivity contribution in [2.24, 2.45) is 0 Å². The predicted molar refractivity (Wildman–Crippen MR) is 35.7 cm³/mol. The molecule has 0 aromatic rings. The summed E-state index contributed by atoms with van der Waals surface area (Å²) in [6.45, 7) is -1.21. The molecule has 0 radical (unpaired) electrons. The van der Waals surface area contributed by atoms with Crippen LogP contribution >= 0.6 is 0 Å². The van der Waals surface area contributed by atoms with E-state index >= 15 is 0 Å². The first-order valence-corrected chi connectivity index (χ1v) is 3.71. The van der Waals surface area contributed by atoms with Crippen LogP contribution in [0.25, 0.3) is 0 Å². The standard InChI is InChI=1S/C7H10F6/c1-2-6(10,11)3-5(9)7(12,13)4-8/h5H,2-4H2,1H3/t5-/m0/s1. The molecule has 0 aromatic carbocycles. The van der Waals surface area contributed by atoms with E-state index in [0.29, 0.717) is 0 Å².